The predicted molar refractivity (Wildman–Crippen MR) is 36.2 cm³/mol. The van der Waals surface area contributed by atoms with Crippen molar-refractivity contribution in [2.75, 3.05) is 0 Å². The van der Waals surface area contributed by atoms with Crippen LogP contribution in [0.3, 0.4) is 0 Å². The SMILES string of the molecule is O.O[Si](O)(O)O.[AlH3].[Ca+2].[H-].[H-]. The van der Waals surface area contributed by atoms with Crippen LogP contribution in [-0.4, -0.2) is 88.8 Å². The van der Waals surface area contributed by atoms with Crippen molar-refractivity contribution in [3.8, 4) is 0 Å². The van der Waals surface area contributed by atoms with Gasteiger partial charge in [0.15, 0.2) is 17.4 Å². The smallest absolute Gasteiger partial charge is 1.00 e. The summed E-state index contributed by atoms with van der Waals surface area (Å²) in [6.07, 6.45) is 0. The molecule has 8 heteroatoms. The number of rotatable bonds is 0. The number of hydrogen-bond acceptors (Lipinski definition) is 4. The molecule has 50 valence electrons. The maximum absolute atomic E-state index is 7.33. The summed E-state index contributed by atoms with van der Waals surface area (Å²) < 4.78 is 0. The van der Waals surface area contributed by atoms with E-state index in [2.05, 4.69) is 0 Å². The van der Waals surface area contributed by atoms with Gasteiger partial charge < -0.3 is 27.5 Å². The first-order valence-electron chi connectivity index (χ1n) is 0.894. The normalized spacial score (nSPS) is 7.50. The Bertz CT molecular complexity index is 35.1. The van der Waals surface area contributed by atoms with Gasteiger partial charge in [-0.1, -0.05) is 0 Å². The molecule has 0 atom stereocenters. The van der Waals surface area contributed by atoms with E-state index >= 15 is 0 Å². The molecule has 0 aliphatic heterocycles. The average molecular weight is 186 g/mol. The van der Waals surface area contributed by atoms with Crippen molar-refractivity contribution in [2.45, 2.75) is 0 Å². The van der Waals surface area contributed by atoms with E-state index in [1.807, 2.05) is 0 Å². The van der Waals surface area contributed by atoms with Crippen molar-refractivity contribution in [3.63, 3.8) is 0 Å². The van der Waals surface area contributed by atoms with Crippen LogP contribution in [0, 0.1) is 0 Å². The second kappa shape index (κ2) is 8.81. The Labute approximate surface area is 90.9 Å². The summed E-state index contributed by atoms with van der Waals surface area (Å²) in [6, 6.07) is 0. The largest absolute Gasteiger partial charge is 2.00 e. The van der Waals surface area contributed by atoms with Crippen LogP contribution in [0.2, 0.25) is 0 Å². The second-order valence-corrected chi connectivity index (χ2v) is 1.80. The first kappa shape index (κ1) is 22.6. The summed E-state index contributed by atoms with van der Waals surface area (Å²) >= 11 is 0. The Balaban J connectivity index is -0.00000000800. The first-order chi connectivity index (χ1) is 2.00. The van der Waals surface area contributed by atoms with Crippen molar-refractivity contribution in [3.05, 3.63) is 0 Å². The molecule has 0 aliphatic rings. The fourth-order valence-electron chi connectivity index (χ4n) is 0. The van der Waals surface area contributed by atoms with Gasteiger partial charge in [0, 0.05) is 0 Å². The molecule has 0 fully saturated rings. The van der Waals surface area contributed by atoms with Crippen LogP contribution in [0.15, 0.2) is 0 Å². The van der Waals surface area contributed by atoms with E-state index in [0.29, 0.717) is 0 Å². The quantitative estimate of drug-likeness (QED) is 0.284. The third kappa shape index (κ3) is 111. The van der Waals surface area contributed by atoms with E-state index < -0.39 is 9.05 Å². The topological polar surface area (TPSA) is 112 Å². The van der Waals surface area contributed by atoms with Crippen LogP contribution in [0.4, 0.5) is 0 Å². The first-order valence-corrected chi connectivity index (χ1v) is 2.68. The standard InChI is InChI=1S/Al.Ca.H4O4Si.H2O.5H/c;;1-5(2,3)4;;;;;;/h;;1-4H;1H2;;;;;/q;+2;;;;;;2*-1. The molecule has 8 heavy (non-hydrogen) atoms. The molecular weight excluding hydrogens is 175 g/mol. The van der Waals surface area contributed by atoms with Crippen molar-refractivity contribution < 1.29 is 27.5 Å². The van der Waals surface area contributed by atoms with Crippen LogP contribution >= 0.6 is 0 Å². The molecule has 0 saturated heterocycles. The molecule has 0 aliphatic carbocycles. The van der Waals surface area contributed by atoms with Crippen molar-refractivity contribution in [2.24, 2.45) is 0 Å². The predicted octanol–water partition coefficient (Wildman–Crippen LogP) is -4.77. The minimum absolute atomic E-state index is 0. The summed E-state index contributed by atoms with van der Waals surface area (Å²) in [5.74, 6) is 0. The van der Waals surface area contributed by atoms with Crippen molar-refractivity contribution in [1.82, 2.24) is 0 Å². The van der Waals surface area contributed by atoms with Crippen LogP contribution in [-0.2, 0) is 0 Å². The Morgan fingerprint density at radius 3 is 1.00 bits per heavy atom. The van der Waals surface area contributed by atoms with E-state index in [0.717, 1.165) is 0 Å². The summed E-state index contributed by atoms with van der Waals surface area (Å²) in [4.78, 5) is 29.3. The molecule has 0 saturated carbocycles. The van der Waals surface area contributed by atoms with Gasteiger partial charge in [-0.3, -0.25) is 0 Å². The van der Waals surface area contributed by atoms with Gasteiger partial charge in [0.1, 0.15) is 0 Å². The Morgan fingerprint density at radius 1 is 1.00 bits per heavy atom. The van der Waals surface area contributed by atoms with Gasteiger partial charge in [0.05, 0.1) is 0 Å². The van der Waals surface area contributed by atoms with E-state index in [-0.39, 0.29) is 63.4 Å². The fourth-order valence-corrected chi connectivity index (χ4v) is 0. The van der Waals surface area contributed by atoms with Crippen molar-refractivity contribution in [1.29, 1.82) is 0 Å². The zero-order chi connectivity index (χ0) is 4.50. The molecule has 5 nitrogen and oxygen atoms in total. The average Bonchev–Trinajstić information content (AvgIpc) is 0.722. The van der Waals surface area contributed by atoms with E-state index in [4.69, 9.17) is 19.2 Å². The van der Waals surface area contributed by atoms with Gasteiger partial charge in [0.2, 0.25) is 0 Å². The zero-order valence-corrected chi connectivity index (χ0v) is 6.70. The third-order valence-corrected chi connectivity index (χ3v) is 0. The van der Waals surface area contributed by atoms with Crippen LogP contribution in [0.25, 0.3) is 0 Å². The van der Waals surface area contributed by atoms with Gasteiger partial charge >= 0.3 is 46.8 Å². The van der Waals surface area contributed by atoms with E-state index in [1.54, 1.807) is 0 Å². The summed E-state index contributed by atoms with van der Waals surface area (Å²) in [7, 11) is -4.61. The van der Waals surface area contributed by atoms with Crippen LogP contribution < -0.4 is 0 Å². The molecule has 0 rings (SSSR count). The molecule has 0 radical (unpaired) electrons. The van der Waals surface area contributed by atoms with Gasteiger partial charge in [0.25, 0.3) is 0 Å². The maximum atomic E-state index is 7.33. The minimum atomic E-state index is -4.61. The van der Waals surface area contributed by atoms with Gasteiger partial charge in [-0.05, 0) is 0 Å². The monoisotopic (exact) mass is 186 g/mol. The van der Waals surface area contributed by atoms with Crippen molar-refractivity contribution >= 4 is 64.1 Å². The minimum Gasteiger partial charge on any atom is -1.00 e. The van der Waals surface area contributed by atoms with Crippen LogP contribution in [0.5, 0.6) is 0 Å². The maximum Gasteiger partial charge on any atom is 2.00 e. The van der Waals surface area contributed by atoms with Crippen LogP contribution in [0.1, 0.15) is 2.85 Å². The van der Waals surface area contributed by atoms with Gasteiger partial charge in [-0.15, -0.1) is 0 Å². The molecule has 0 aromatic carbocycles. The molecule has 0 aromatic heterocycles. The van der Waals surface area contributed by atoms with E-state index in [9.17, 15) is 0 Å². The fraction of sp³-hybridized carbons (Fsp3) is 0. The van der Waals surface area contributed by atoms with Gasteiger partial charge in [-0.25, -0.2) is 0 Å². The number of hydrogen-bond donors (Lipinski definition) is 4. The summed E-state index contributed by atoms with van der Waals surface area (Å²) in [5, 5.41) is 0. The second-order valence-electron chi connectivity index (χ2n) is 0.600. The zero-order valence-electron chi connectivity index (χ0n) is 5.50. The molecule has 0 heterocycles. The third-order valence-electron chi connectivity index (χ3n) is 0. The molecule has 6 N–H and O–H groups in total. The molecule has 0 unspecified atom stereocenters. The molecule has 0 aromatic rings. The Morgan fingerprint density at radius 2 is 1.00 bits per heavy atom. The molecule has 0 bridgehead atoms. The summed E-state index contributed by atoms with van der Waals surface area (Å²) in [6.45, 7) is 0. The molecule has 0 amide bonds. The van der Waals surface area contributed by atoms with E-state index in [1.165, 1.54) is 0 Å². The summed E-state index contributed by atoms with van der Waals surface area (Å²) in [5.41, 5.74) is 0. The molecular formula is H11AlCaO5Si. The van der Waals surface area contributed by atoms with Gasteiger partial charge in [-0.2, -0.15) is 0 Å². The Kier molecular flexibility index (Phi) is 24.8. The Hall–Kier alpha value is 1.81. The molecule has 0 spiro atoms.